The van der Waals surface area contributed by atoms with Gasteiger partial charge in [0.15, 0.2) is 0 Å². The van der Waals surface area contributed by atoms with E-state index in [0.717, 1.165) is 11.3 Å². The number of hydrogen-bond acceptors (Lipinski definition) is 5. The number of carbonyl (C=O) groups excluding carboxylic acids is 1. The van der Waals surface area contributed by atoms with Crippen molar-refractivity contribution in [2.45, 2.75) is 39.0 Å². The van der Waals surface area contributed by atoms with Gasteiger partial charge in [-0.25, -0.2) is 0 Å². The summed E-state index contributed by atoms with van der Waals surface area (Å²) in [6, 6.07) is 7.74. The molecule has 0 unspecified atom stereocenters. The molecule has 0 radical (unpaired) electrons. The molecule has 0 spiro atoms. The fourth-order valence-electron chi connectivity index (χ4n) is 2.05. The van der Waals surface area contributed by atoms with Crippen LogP contribution in [-0.2, 0) is 17.6 Å². The first-order chi connectivity index (χ1) is 11.1. The number of hydrogen-bond donors (Lipinski definition) is 1. The SMILES string of the molecule is COc1ccc(CCC(=O)NCCc2nnc(C(C)C)o2)cc1. The summed E-state index contributed by atoms with van der Waals surface area (Å²) in [7, 11) is 1.63. The average Bonchev–Trinajstić information content (AvgIpc) is 3.02. The Hall–Kier alpha value is -2.37. The summed E-state index contributed by atoms with van der Waals surface area (Å²) >= 11 is 0. The molecule has 6 heteroatoms. The summed E-state index contributed by atoms with van der Waals surface area (Å²) in [5, 5.41) is 10.8. The van der Waals surface area contributed by atoms with Crippen molar-refractivity contribution in [1.29, 1.82) is 0 Å². The second-order valence-corrected chi connectivity index (χ2v) is 5.64. The Morgan fingerprint density at radius 3 is 2.57 bits per heavy atom. The van der Waals surface area contributed by atoms with Crippen molar-refractivity contribution in [3.05, 3.63) is 41.6 Å². The number of methoxy groups -OCH3 is 1. The van der Waals surface area contributed by atoms with Crippen LogP contribution in [0.25, 0.3) is 0 Å². The van der Waals surface area contributed by atoms with Crippen molar-refractivity contribution in [3.8, 4) is 5.75 Å². The number of nitrogens with one attached hydrogen (secondary N) is 1. The Kier molecular flexibility index (Phi) is 6.14. The third-order valence-corrected chi connectivity index (χ3v) is 3.44. The van der Waals surface area contributed by atoms with E-state index >= 15 is 0 Å². The minimum absolute atomic E-state index is 0.0180. The van der Waals surface area contributed by atoms with Crippen LogP contribution in [-0.4, -0.2) is 29.8 Å². The summed E-state index contributed by atoms with van der Waals surface area (Å²) < 4.78 is 10.6. The predicted molar refractivity (Wildman–Crippen MR) is 86.4 cm³/mol. The number of nitrogens with zero attached hydrogens (tertiary/aromatic N) is 2. The van der Waals surface area contributed by atoms with Crippen molar-refractivity contribution >= 4 is 5.91 Å². The van der Waals surface area contributed by atoms with Gasteiger partial charge in [0.2, 0.25) is 17.7 Å². The van der Waals surface area contributed by atoms with Crippen LogP contribution in [0.3, 0.4) is 0 Å². The van der Waals surface area contributed by atoms with E-state index in [2.05, 4.69) is 15.5 Å². The van der Waals surface area contributed by atoms with Gasteiger partial charge < -0.3 is 14.5 Å². The number of aromatic nitrogens is 2. The Morgan fingerprint density at radius 2 is 1.96 bits per heavy atom. The molecule has 2 rings (SSSR count). The zero-order valence-electron chi connectivity index (χ0n) is 13.8. The van der Waals surface area contributed by atoms with E-state index in [1.165, 1.54) is 0 Å². The lowest BCUT2D eigenvalue weighted by Crippen LogP contribution is -2.25. The summed E-state index contributed by atoms with van der Waals surface area (Å²) in [5.74, 6) is 2.24. The van der Waals surface area contributed by atoms with Crippen molar-refractivity contribution < 1.29 is 13.9 Å². The molecule has 0 saturated heterocycles. The monoisotopic (exact) mass is 317 g/mol. The molecule has 0 aliphatic heterocycles. The van der Waals surface area contributed by atoms with Crippen LogP contribution >= 0.6 is 0 Å². The van der Waals surface area contributed by atoms with Crippen LogP contribution in [0.4, 0.5) is 0 Å². The second-order valence-electron chi connectivity index (χ2n) is 5.64. The van der Waals surface area contributed by atoms with Crippen LogP contribution < -0.4 is 10.1 Å². The Labute approximate surface area is 136 Å². The molecule has 0 saturated carbocycles. The fourth-order valence-corrected chi connectivity index (χ4v) is 2.05. The number of benzene rings is 1. The largest absolute Gasteiger partial charge is 0.497 e. The standard InChI is InChI=1S/C17H23N3O3/c1-12(2)17-20-19-16(23-17)10-11-18-15(21)9-6-13-4-7-14(22-3)8-5-13/h4-5,7-8,12H,6,9-11H2,1-3H3,(H,18,21). The van der Waals surface area contributed by atoms with Crippen LogP contribution in [0.2, 0.25) is 0 Å². The quantitative estimate of drug-likeness (QED) is 0.809. The maximum absolute atomic E-state index is 11.8. The number of ether oxygens (including phenoxy) is 1. The molecule has 0 fully saturated rings. The van der Waals surface area contributed by atoms with E-state index in [1.54, 1.807) is 7.11 Å². The van der Waals surface area contributed by atoms with E-state index in [-0.39, 0.29) is 11.8 Å². The topological polar surface area (TPSA) is 77.2 Å². The molecule has 1 aromatic carbocycles. The normalized spacial score (nSPS) is 10.8. The molecule has 0 bridgehead atoms. The van der Waals surface area contributed by atoms with Crippen LogP contribution in [0.15, 0.2) is 28.7 Å². The Morgan fingerprint density at radius 1 is 1.22 bits per heavy atom. The van der Waals surface area contributed by atoms with Gasteiger partial charge in [-0.3, -0.25) is 4.79 Å². The minimum Gasteiger partial charge on any atom is -0.497 e. The summed E-state index contributed by atoms with van der Waals surface area (Å²) in [6.45, 7) is 4.50. The number of amides is 1. The zero-order chi connectivity index (χ0) is 16.7. The highest BCUT2D eigenvalue weighted by molar-refractivity contribution is 5.76. The van der Waals surface area contributed by atoms with Gasteiger partial charge in [0.25, 0.3) is 0 Å². The zero-order valence-corrected chi connectivity index (χ0v) is 13.8. The molecule has 23 heavy (non-hydrogen) atoms. The number of carbonyl (C=O) groups is 1. The van der Waals surface area contributed by atoms with Gasteiger partial charge in [0, 0.05) is 25.3 Å². The lowest BCUT2D eigenvalue weighted by atomic mass is 10.1. The Balaban J connectivity index is 1.68. The molecule has 1 N–H and O–H groups in total. The second kappa shape index (κ2) is 8.31. The lowest BCUT2D eigenvalue weighted by molar-refractivity contribution is -0.121. The lowest BCUT2D eigenvalue weighted by Gasteiger charge is -2.05. The van der Waals surface area contributed by atoms with Crippen molar-refractivity contribution in [2.24, 2.45) is 0 Å². The fraction of sp³-hybridized carbons (Fsp3) is 0.471. The highest BCUT2D eigenvalue weighted by atomic mass is 16.5. The highest BCUT2D eigenvalue weighted by Crippen LogP contribution is 2.13. The van der Waals surface area contributed by atoms with Gasteiger partial charge in [-0.05, 0) is 24.1 Å². The Bertz CT molecular complexity index is 620. The molecular formula is C17H23N3O3. The van der Waals surface area contributed by atoms with E-state index in [1.807, 2.05) is 38.1 Å². The first-order valence-electron chi connectivity index (χ1n) is 7.80. The predicted octanol–water partition coefficient (Wildman–Crippen LogP) is 2.49. The number of rotatable bonds is 8. The van der Waals surface area contributed by atoms with E-state index < -0.39 is 0 Å². The maximum Gasteiger partial charge on any atom is 0.220 e. The molecule has 1 aromatic heterocycles. The minimum atomic E-state index is 0.0180. The third-order valence-electron chi connectivity index (χ3n) is 3.44. The van der Waals surface area contributed by atoms with E-state index in [9.17, 15) is 4.79 Å². The first kappa shape index (κ1) is 17.0. The molecule has 124 valence electrons. The van der Waals surface area contributed by atoms with Gasteiger partial charge in [-0.1, -0.05) is 26.0 Å². The average molecular weight is 317 g/mol. The van der Waals surface area contributed by atoms with Gasteiger partial charge in [0.1, 0.15) is 5.75 Å². The first-order valence-corrected chi connectivity index (χ1v) is 7.80. The van der Waals surface area contributed by atoms with Crippen molar-refractivity contribution in [1.82, 2.24) is 15.5 Å². The van der Waals surface area contributed by atoms with Crippen LogP contribution in [0, 0.1) is 0 Å². The molecule has 6 nitrogen and oxygen atoms in total. The molecule has 1 heterocycles. The molecule has 2 aromatic rings. The highest BCUT2D eigenvalue weighted by Gasteiger charge is 2.09. The van der Waals surface area contributed by atoms with E-state index in [0.29, 0.717) is 37.6 Å². The maximum atomic E-state index is 11.8. The molecule has 1 amide bonds. The molecule has 0 aliphatic rings. The van der Waals surface area contributed by atoms with Gasteiger partial charge in [-0.2, -0.15) is 0 Å². The van der Waals surface area contributed by atoms with Crippen LogP contribution in [0.5, 0.6) is 5.75 Å². The van der Waals surface area contributed by atoms with E-state index in [4.69, 9.17) is 9.15 Å². The summed E-state index contributed by atoms with van der Waals surface area (Å²) in [6.07, 6.45) is 1.70. The summed E-state index contributed by atoms with van der Waals surface area (Å²) in [5.41, 5.74) is 1.11. The van der Waals surface area contributed by atoms with Gasteiger partial charge >= 0.3 is 0 Å². The smallest absolute Gasteiger partial charge is 0.220 e. The molecule has 0 aliphatic carbocycles. The van der Waals surface area contributed by atoms with Crippen LogP contribution in [0.1, 0.15) is 43.5 Å². The third kappa shape index (κ3) is 5.39. The van der Waals surface area contributed by atoms with Gasteiger partial charge in [-0.15, -0.1) is 10.2 Å². The van der Waals surface area contributed by atoms with Crippen molar-refractivity contribution in [3.63, 3.8) is 0 Å². The number of aryl methyl sites for hydroxylation is 1. The summed E-state index contributed by atoms with van der Waals surface area (Å²) in [4.78, 5) is 11.8. The molecule has 0 atom stereocenters. The van der Waals surface area contributed by atoms with Crippen molar-refractivity contribution in [2.75, 3.05) is 13.7 Å². The molecular weight excluding hydrogens is 294 g/mol. The van der Waals surface area contributed by atoms with Gasteiger partial charge in [0.05, 0.1) is 7.11 Å².